The molecule has 0 saturated heterocycles. The van der Waals surface area contributed by atoms with Crippen LogP contribution < -0.4 is 0 Å². The maximum Gasteiger partial charge on any atom is 0.138 e. The highest BCUT2D eigenvalue weighted by molar-refractivity contribution is 9.10. The third-order valence-electron chi connectivity index (χ3n) is 1.79. The first-order valence-corrected chi connectivity index (χ1v) is 4.65. The predicted octanol–water partition coefficient (Wildman–Crippen LogP) is 3.06. The zero-order chi connectivity index (χ0) is 8.72. The van der Waals surface area contributed by atoms with Gasteiger partial charge in [0.1, 0.15) is 10.3 Å². The first-order chi connectivity index (χ1) is 5.68. The Morgan fingerprint density at radius 2 is 2.25 bits per heavy atom. The van der Waals surface area contributed by atoms with E-state index in [-0.39, 0.29) is 0 Å². The lowest BCUT2D eigenvalue weighted by Gasteiger charge is -2.00. The van der Waals surface area contributed by atoms with Crippen molar-refractivity contribution >= 4 is 33.2 Å². The van der Waals surface area contributed by atoms with E-state index in [1.807, 2.05) is 29.7 Å². The highest BCUT2D eigenvalue weighted by Crippen LogP contribution is 2.19. The van der Waals surface area contributed by atoms with Gasteiger partial charge in [-0.2, -0.15) is 0 Å². The number of nitrogens with zero attached hydrogens (tertiary/aromatic N) is 2. The molecule has 62 valence electrons. The average molecular weight is 246 g/mol. The third-order valence-corrected chi connectivity index (χ3v) is 2.57. The van der Waals surface area contributed by atoms with Gasteiger partial charge in [-0.3, -0.25) is 0 Å². The van der Waals surface area contributed by atoms with Crippen molar-refractivity contribution in [2.24, 2.45) is 0 Å². The standard InChI is InChI=1S/C8H6BrClN2/c1-5-6(10)2-3-8-11-7(9)4-12(5)8/h2-4H,1H3. The van der Waals surface area contributed by atoms with Crippen LogP contribution in [0.25, 0.3) is 5.65 Å². The molecule has 2 rings (SSSR count). The van der Waals surface area contributed by atoms with Crippen molar-refractivity contribution in [3.05, 3.63) is 33.6 Å². The van der Waals surface area contributed by atoms with Gasteiger partial charge in [0, 0.05) is 11.9 Å². The minimum atomic E-state index is 0.757. The van der Waals surface area contributed by atoms with Gasteiger partial charge in [-0.25, -0.2) is 4.98 Å². The van der Waals surface area contributed by atoms with Crippen LogP contribution in [0, 0.1) is 6.92 Å². The van der Waals surface area contributed by atoms with E-state index in [0.717, 1.165) is 21.0 Å². The van der Waals surface area contributed by atoms with Gasteiger partial charge in [-0.05, 0) is 35.0 Å². The molecule has 2 heterocycles. The molecule has 0 aliphatic carbocycles. The fraction of sp³-hybridized carbons (Fsp3) is 0.125. The van der Waals surface area contributed by atoms with Gasteiger partial charge >= 0.3 is 0 Å². The zero-order valence-corrected chi connectivity index (χ0v) is 8.72. The maximum absolute atomic E-state index is 5.93. The number of hydrogen-bond acceptors (Lipinski definition) is 1. The van der Waals surface area contributed by atoms with E-state index in [1.54, 1.807) is 0 Å². The van der Waals surface area contributed by atoms with Crippen LogP contribution in [0.4, 0.5) is 0 Å². The molecule has 0 aliphatic rings. The lowest BCUT2D eigenvalue weighted by molar-refractivity contribution is 1.09. The van der Waals surface area contributed by atoms with E-state index in [0.29, 0.717) is 0 Å². The summed E-state index contributed by atoms with van der Waals surface area (Å²) in [6, 6.07) is 3.74. The summed E-state index contributed by atoms with van der Waals surface area (Å²) in [7, 11) is 0. The smallest absolute Gasteiger partial charge is 0.138 e. The molecule has 0 aromatic carbocycles. The summed E-state index contributed by atoms with van der Waals surface area (Å²) in [5.74, 6) is 0. The number of aromatic nitrogens is 2. The number of halogens is 2. The van der Waals surface area contributed by atoms with Crippen molar-refractivity contribution < 1.29 is 0 Å². The molecular weight excluding hydrogens is 239 g/mol. The van der Waals surface area contributed by atoms with E-state index in [4.69, 9.17) is 11.6 Å². The van der Waals surface area contributed by atoms with Gasteiger partial charge in [-0.15, -0.1) is 0 Å². The van der Waals surface area contributed by atoms with Crippen LogP contribution in [0.3, 0.4) is 0 Å². The summed E-state index contributed by atoms with van der Waals surface area (Å²) >= 11 is 9.24. The Bertz CT molecular complexity index is 436. The summed E-state index contributed by atoms with van der Waals surface area (Å²) in [6.45, 7) is 1.96. The van der Waals surface area contributed by atoms with Crippen LogP contribution in [-0.4, -0.2) is 9.38 Å². The van der Waals surface area contributed by atoms with Gasteiger partial charge in [0.15, 0.2) is 0 Å². The summed E-state index contributed by atoms with van der Waals surface area (Å²) in [5, 5.41) is 0.757. The van der Waals surface area contributed by atoms with Crippen LogP contribution in [0.2, 0.25) is 5.02 Å². The summed E-state index contributed by atoms with van der Waals surface area (Å²) in [4.78, 5) is 4.24. The minimum Gasteiger partial charge on any atom is -0.302 e. The number of fused-ring (bicyclic) bond motifs is 1. The Labute approximate surface area is 83.3 Å². The molecule has 0 amide bonds. The molecule has 4 heteroatoms. The van der Waals surface area contributed by atoms with Crippen LogP contribution in [0.1, 0.15) is 5.69 Å². The van der Waals surface area contributed by atoms with E-state index in [1.165, 1.54) is 0 Å². The molecule has 0 N–H and O–H groups in total. The second-order valence-corrected chi connectivity index (χ2v) is 3.78. The van der Waals surface area contributed by atoms with E-state index >= 15 is 0 Å². The fourth-order valence-corrected chi connectivity index (χ4v) is 1.67. The van der Waals surface area contributed by atoms with Gasteiger partial charge in [0.2, 0.25) is 0 Å². The Balaban J connectivity index is 2.89. The molecule has 0 radical (unpaired) electrons. The van der Waals surface area contributed by atoms with Crippen molar-refractivity contribution in [3.63, 3.8) is 0 Å². The van der Waals surface area contributed by atoms with E-state index < -0.39 is 0 Å². The van der Waals surface area contributed by atoms with Crippen molar-refractivity contribution in [2.45, 2.75) is 6.92 Å². The zero-order valence-electron chi connectivity index (χ0n) is 6.38. The number of rotatable bonds is 0. The van der Waals surface area contributed by atoms with Crippen LogP contribution in [0.5, 0.6) is 0 Å². The van der Waals surface area contributed by atoms with Gasteiger partial charge in [0.25, 0.3) is 0 Å². The Morgan fingerprint density at radius 3 is 3.00 bits per heavy atom. The summed E-state index contributed by atoms with van der Waals surface area (Å²) in [6.07, 6.45) is 1.90. The molecule has 0 saturated carbocycles. The first-order valence-electron chi connectivity index (χ1n) is 3.48. The molecule has 12 heavy (non-hydrogen) atoms. The molecule has 0 aliphatic heterocycles. The van der Waals surface area contributed by atoms with Crippen LogP contribution in [-0.2, 0) is 0 Å². The second kappa shape index (κ2) is 2.75. The molecule has 0 unspecified atom stereocenters. The molecule has 2 nitrogen and oxygen atoms in total. The lowest BCUT2D eigenvalue weighted by Crippen LogP contribution is -1.89. The quantitative estimate of drug-likeness (QED) is 0.697. The molecule has 2 aromatic heterocycles. The van der Waals surface area contributed by atoms with Crippen molar-refractivity contribution in [1.29, 1.82) is 0 Å². The Kier molecular flexibility index (Phi) is 1.85. The summed E-state index contributed by atoms with van der Waals surface area (Å²) in [5.41, 5.74) is 1.91. The monoisotopic (exact) mass is 244 g/mol. The molecule has 2 aromatic rings. The SMILES string of the molecule is Cc1c(Cl)ccc2nc(Br)cn12. The van der Waals surface area contributed by atoms with Gasteiger partial charge in [0.05, 0.1) is 5.02 Å². The normalized spacial score (nSPS) is 10.9. The predicted molar refractivity (Wildman–Crippen MR) is 52.6 cm³/mol. The summed E-state index contributed by atoms with van der Waals surface area (Å²) < 4.78 is 2.78. The number of imidazole rings is 1. The second-order valence-electron chi connectivity index (χ2n) is 2.56. The topological polar surface area (TPSA) is 17.3 Å². The average Bonchev–Trinajstić information content (AvgIpc) is 2.39. The third kappa shape index (κ3) is 1.13. The lowest BCUT2D eigenvalue weighted by atomic mass is 10.4. The molecule has 0 bridgehead atoms. The number of pyridine rings is 1. The van der Waals surface area contributed by atoms with Gasteiger partial charge < -0.3 is 4.40 Å². The van der Waals surface area contributed by atoms with E-state index in [9.17, 15) is 0 Å². The van der Waals surface area contributed by atoms with Crippen molar-refractivity contribution in [3.8, 4) is 0 Å². The van der Waals surface area contributed by atoms with Gasteiger partial charge in [-0.1, -0.05) is 11.6 Å². The molecule has 0 fully saturated rings. The molecule has 0 spiro atoms. The highest BCUT2D eigenvalue weighted by atomic mass is 79.9. The molecule has 0 atom stereocenters. The van der Waals surface area contributed by atoms with Crippen molar-refractivity contribution in [1.82, 2.24) is 9.38 Å². The highest BCUT2D eigenvalue weighted by Gasteiger charge is 2.02. The largest absolute Gasteiger partial charge is 0.302 e. The van der Waals surface area contributed by atoms with E-state index in [2.05, 4.69) is 20.9 Å². The first kappa shape index (κ1) is 8.08. The van der Waals surface area contributed by atoms with Crippen molar-refractivity contribution in [2.75, 3.05) is 0 Å². The minimum absolute atomic E-state index is 0.757. The number of hydrogen-bond donors (Lipinski definition) is 0. The molecular formula is C8H6BrClN2. The fourth-order valence-electron chi connectivity index (χ4n) is 1.13. The number of aryl methyl sites for hydroxylation is 1. The Morgan fingerprint density at radius 1 is 1.50 bits per heavy atom. The Hall–Kier alpha value is -0.540. The van der Waals surface area contributed by atoms with Crippen LogP contribution >= 0.6 is 27.5 Å². The maximum atomic E-state index is 5.93. The van der Waals surface area contributed by atoms with Crippen LogP contribution in [0.15, 0.2) is 22.9 Å².